The van der Waals surface area contributed by atoms with Crippen molar-refractivity contribution in [1.82, 2.24) is 4.98 Å². The van der Waals surface area contributed by atoms with Crippen LogP contribution in [0.1, 0.15) is 12.5 Å². The summed E-state index contributed by atoms with van der Waals surface area (Å²) in [7, 11) is 2.50. The number of aromatic nitrogens is 1. The number of nitrogen functional groups attached to an aromatic ring is 1. The lowest BCUT2D eigenvalue weighted by Crippen LogP contribution is -2.29. The fourth-order valence-electron chi connectivity index (χ4n) is 1.26. The van der Waals surface area contributed by atoms with E-state index in [2.05, 4.69) is 14.5 Å². The van der Waals surface area contributed by atoms with Gasteiger partial charge in [-0.15, -0.1) is 0 Å². The van der Waals surface area contributed by atoms with E-state index in [0.29, 0.717) is 6.47 Å². The summed E-state index contributed by atoms with van der Waals surface area (Å²) >= 11 is 0. The lowest BCUT2D eigenvalue weighted by Gasteiger charge is -2.10. The number of nitrogens with zero attached hydrogens (tertiary/aromatic N) is 1. The zero-order valence-corrected chi connectivity index (χ0v) is 12.0. The molecule has 0 aliphatic heterocycles. The Labute approximate surface area is 121 Å². The minimum absolute atomic E-state index is 0.0860. The number of Topliss-reactive ketones (excluding diaryl/α,β-unsaturated/α-hetero) is 1. The van der Waals surface area contributed by atoms with Gasteiger partial charge in [0.15, 0.2) is 5.78 Å². The molecule has 1 heterocycles. The molecule has 21 heavy (non-hydrogen) atoms. The van der Waals surface area contributed by atoms with Crippen LogP contribution in [-0.2, 0) is 23.9 Å². The molecule has 1 unspecified atom stereocenters. The molecule has 1 atom stereocenters. The van der Waals surface area contributed by atoms with Gasteiger partial charge in [0.1, 0.15) is 17.4 Å². The number of hydrogen-bond acceptors (Lipinski definition) is 8. The summed E-state index contributed by atoms with van der Waals surface area (Å²) in [4.78, 5) is 35.7. The Morgan fingerprint density at radius 2 is 2.00 bits per heavy atom. The van der Waals surface area contributed by atoms with Crippen molar-refractivity contribution in [2.75, 3.05) is 20.0 Å². The van der Waals surface area contributed by atoms with E-state index in [4.69, 9.17) is 15.9 Å². The van der Waals surface area contributed by atoms with Crippen molar-refractivity contribution in [2.45, 2.75) is 6.92 Å². The SMILES string of the molecule is COC(=O)C(C)C(=O)C(=N)c1cccnc1N.COC=O. The molecule has 0 aliphatic carbocycles. The van der Waals surface area contributed by atoms with Gasteiger partial charge < -0.3 is 15.2 Å². The molecule has 0 radical (unpaired) electrons. The summed E-state index contributed by atoms with van der Waals surface area (Å²) in [6, 6.07) is 3.07. The Hall–Kier alpha value is -2.77. The zero-order valence-electron chi connectivity index (χ0n) is 12.0. The Morgan fingerprint density at radius 1 is 1.43 bits per heavy atom. The Morgan fingerprint density at radius 3 is 2.43 bits per heavy atom. The van der Waals surface area contributed by atoms with Crippen LogP contribution in [0, 0.1) is 11.3 Å². The number of esters is 1. The molecule has 0 bridgehead atoms. The van der Waals surface area contributed by atoms with E-state index in [1.165, 1.54) is 33.4 Å². The van der Waals surface area contributed by atoms with Gasteiger partial charge in [-0.3, -0.25) is 19.8 Å². The number of ether oxygens (including phenoxy) is 2. The van der Waals surface area contributed by atoms with Crippen LogP contribution in [0.25, 0.3) is 0 Å². The molecule has 1 aromatic heterocycles. The van der Waals surface area contributed by atoms with E-state index in [1.54, 1.807) is 6.07 Å². The van der Waals surface area contributed by atoms with E-state index in [9.17, 15) is 9.59 Å². The fraction of sp³-hybridized carbons (Fsp3) is 0.308. The molecule has 0 saturated carbocycles. The van der Waals surface area contributed by atoms with Crippen LogP contribution in [-0.4, -0.2) is 43.1 Å². The monoisotopic (exact) mass is 295 g/mol. The molecule has 1 rings (SSSR count). The first-order chi connectivity index (χ1) is 9.90. The highest BCUT2D eigenvalue weighted by atomic mass is 16.5. The zero-order chi connectivity index (χ0) is 16.4. The largest absolute Gasteiger partial charge is 0.471 e. The van der Waals surface area contributed by atoms with Gasteiger partial charge in [0.25, 0.3) is 6.47 Å². The third-order valence-electron chi connectivity index (χ3n) is 2.40. The summed E-state index contributed by atoms with van der Waals surface area (Å²) in [6.07, 6.45) is 1.46. The molecule has 0 amide bonds. The predicted molar refractivity (Wildman–Crippen MR) is 74.7 cm³/mol. The molecule has 1 aromatic rings. The molecule has 3 N–H and O–H groups in total. The number of methoxy groups -OCH3 is 2. The van der Waals surface area contributed by atoms with Crippen LogP contribution in [0.15, 0.2) is 18.3 Å². The average Bonchev–Trinajstić information content (AvgIpc) is 2.52. The quantitative estimate of drug-likeness (QED) is 0.343. The van der Waals surface area contributed by atoms with Crippen LogP contribution >= 0.6 is 0 Å². The predicted octanol–water partition coefficient (Wildman–Crippen LogP) is 0.199. The third-order valence-corrected chi connectivity index (χ3v) is 2.40. The standard InChI is InChI=1S/C11H13N3O3.C2H4O2/c1-6(11(16)17-2)9(15)8(12)7-4-3-5-14-10(7)13;1-4-2-3/h3-6,12H,1-2H3,(H2,13,14);2H,1H3. The highest BCUT2D eigenvalue weighted by molar-refractivity contribution is 6.48. The van der Waals surface area contributed by atoms with Crippen LogP contribution in [0.3, 0.4) is 0 Å². The number of rotatable bonds is 5. The number of anilines is 1. The summed E-state index contributed by atoms with van der Waals surface area (Å²) in [5.41, 5.74) is 5.42. The number of ketones is 1. The van der Waals surface area contributed by atoms with Gasteiger partial charge in [-0.05, 0) is 19.1 Å². The van der Waals surface area contributed by atoms with Gasteiger partial charge in [-0.1, -0.05) is 0 Å². The molecule has 0 aromatic carbocycles. The molecule has 0 fully saturated rings. The third kappa shape index (κ3) is 5.39. The van der Waals surface area contributed by atoms with Crippen molar-refractivity contribution in [1.29, 1.82) is 5.41 Å². The van der Waals surface area contributed by atoms with E-state index in [-0.39, 0.29) is 17.1 Å². The Balaban J connectivity index is 0.000000885. The molecular formula is C13H17N3O5. The Bertz CT molecular complexity index is 530. The van der Waals surface area contributed by atoms with Crippen molar-refractivity contribution in [3.8, 4) is 0 Å². The molecular weight excluding hydrogens is 278 g/mol. The maximum atomic E-state index is 11.8. The second-order valence-corrected chi connectivity index (χ2v) is 3.75. The van der Waals surface area contributed by atoms with Crippen molar-refractivity contribution < 1.29 is 23.9 Å². The van der Waals surface area contributed by atoms with Crippen molar-refractivity contribution in [2.24, 2.45) is 5.92 Å². The highest BCUT2D eigenvalue weighted by Gasteiger charge is 2.27. The topological polar surface area (TPSA) is 132 Å². The van der Waals surface area contributed by atoms with Crippen molar-refractivity contribution in [3.05, 3.63) is 23.9 Å². The number of pyridine rings is 1. The number of nitrogens with two attached hydrogens (primary N) is 1. The average molecular weight is 295 g/mol. The maximum Gasteiger partial charge on any atom is 0.316 e. The van der Waals surface area contributed by atoms with E-state index in [0.717, 1.165) is 0 Å². The summed E-state index contributed by atoms with van der Waals surface area (Å²) in [6.45, 7) is 1.76. The number of hydrogen-bond donors (Lipinski definition) is 2. The van der Waals surface area contributed by atoms with Crippen LogP contribution < -0.4 is 5.73 Å². The fourth-order valence-corrected chi connectivity index (χ4v) is 1.26. The molecule has 8 nitrogen and oxygen atoms in total. The van der Waals surface area contributed by atoms with E-state index in [1.807, 2.05) is 0 Å². The summed E-state index contributed by atoms with van der Waals surface area (Å²) in [5, 5.41) is 7.70. The lowest BCUT2D eigenvalue weighted by molar-refractivity contribution is -0.147. The summed E-state index contributed by atoms with van der Waals surface area (Å²) in [5.74, 6) is -2.26. The van der Waals surface area contributed by atoms with Crippen molar-refractivity contribution >= 4 is 29.8 Å². The van der Waals surface area contributed by atoms with E-state index < -0.39 is 17.7 Å². The highest BCUT2D eigenvalue weighted by Crippen LogP contribution is 2.12. The molecule has 0 aliphatic rings. The lowest BCUT2D eigenvalue weighted by atomic mass is 9.98. The van der Waals surface area contributed by atoms with Gasteiger partial charge in [0.05, 0.1) is 14.2 Å². The minimum atomic E-state index is -1.02. The summed E-state index contributed by atoms with van der Waals surface area (Å²) < 4.78 is 8.31. The van der Waals surface area contributed by atoms with Crippen molar-refractivity contribution in [3.63, 3.8) is 0 Å². The van der Waals surface area contributed by atoms with Gasteiger partial charge in [0, 0.05) is 11.8 Å². The van der Waals surface area contributed by atoms with E-state index >= 15 is 0 Å². The van der Waals surface area contributed by atoms with Gasteiger partial charge in [-0.25, -0.2) is 4.98 Å². The first-order valence-electron chi connectivity index (χ1n) is 5.78. The Kier molecular flexibility index (Phi) is 7.97. The van der Waals surface area contributed by atoms with Crippen LogP contribution in [0.5, 0.6) is 0 Å². The molecule has 0 spiro atoms. The van der Waals surface area contributed by atoms with Gasteiger partial charge in [-0.2, -0.15) is 0 Å². The smallest absolute Gasteiger partial charge is 0.316 e. The molecule has 0 saturated heterocycles. The minimum Gasteiger partial charge on any atom is -0.471 e. The normalized spacial score (nSPS) is 10.4. The number of nitrogens with one attached hydrogen (secondary N) is 1. The first-order valence-corrected chi connectivity index (χ1v) is 5.78. The van der Waals surface area contributed by atoms with Crippen LogP contribution in [0.4, 0.5) is 5.82 Å². The maximum absolute atomic E-state index is 11.8. The second kappa shape index (κ2) is 9.18. The first kappa shape index (κ1) is 18.2. The number of carbonyl (C=O) groups excluding carboxylic acids is 3. The second-order valence-electron chi connectivity index (χ2n) is 3.75. The van der Waals surface area contributed by atoms with Gasteiger partial charge in [0.2, 0.25) is 0 Å². The van der Waals surface area contributed by atoms with Gasteiger partial charge >= 0.3 is 5.97 Å². The molecule has 8 heteroatoms. The number of carbonyl (C=O) groups is 3. The molecule has 114 valence electrons. The van der Waals surface area contributed by atoms with Crippen LogP contribution in [0.2, 0.25) is 0 Å².